The van der Waals surface area contributed by atoms with E-state index in [1.165, 1.54) is 18.9 Å². The second-order valence-corrected chi connectivity index (χ2v) is 5.19. The summed E-state index contributed by atoms with van der Waals surface area (Å²) in [5, 5.41) is 11.1. The molecule has 0 atom stereocenters. The second-order valence-electron chi connectivity index (χ2n) is 4.92. The zero-order chi connectivity index (χ0) is 13.7. The van der Waals surface area contributed by atoms with Gasteiger partial charge < -0.3 is 4.74 Å². The normalized spacial score (nSPS) is 16.9. The molecule has 0 amide bonds. The van der Waals surface area contributed by atoms with Gasteiger partial charge in [0, 0.05) is 11.9 Å². The maximum absolute atomic E-state index is 11.1. The Morgan fingerprint density at radius 3 is 2.53 bits per heavy atom. The zero-order valence-electron chi connectivity index (χ0n) is 10.8. The molecular weight excluding hydrogens is 266 g/mol. The number of hydrogen-bond donors (Lipinski definition) is 0. The van der Waals surface area contributed by atoms with Gasteiger partial charge in [0.25, 0.3) is 0 Å². The Labute approximate surface area is 117 Å². The summed E-state index contributed by atoms with van der Waals surface area (Å²) < 4.78 is 5.84. The lowest BCUT2D eigenvalue weighted by atomic mass is 10.1. The smallest absolute Gasteiger partial charge is 0.311 e. The van der Waals surface area contributed by atoms with Crippen LogP contribution in [0.25, 0.3) is 0 Å². The van der Waals surface area contributed by atoms with E-state index in [2.05, 4.69) is 0 Å². The predicted octanol–water partition coefficient (Wildman–Crippen LogP) is 4.44. The lowest BCUT2D eigenvalue weighted by Crippen LogP contribution is -2.15. The van der Waals surface area contributed by atoms with E-state index in [1.807, 2.05) is 0 Å². The number of nitro groups is 1. The fourth-order valence-corrected chi connectivity index (χ4v) is 2.59. The molecule has 0 aliphatic heterocycles. The molecule has 0 N–H and O–H groups in total. The Morgan fingerprint density at radius 1 is 1.26 bits per heavy atom. The van der Waals surface area contributed by atoms with Gasteiger partial charge >= 0.3 is 5.69 Å². The van der Waals surface area contributed by atoms with Gasteiger partial charge in [0.1, 0.15) is 0 Å². The van der Waals surface area contributed by atoms with Crippen LogP contribution in [0.5, 0.6) is 5.75 Å². The Balaban J connectivity index is 2.16. The molecule has 0 saturated heterocycles. The molecule has 0 aromatic heterocycles. The summed E-state index contributed by atoms with van der Waals surface area (Å²) in [6.07, 6.45) is 6.79. The maximum atomic E-state index is 11.1. The van der Waals surface area contributed by atoms with Crippen LogP contribution in [0.1, 0.15) is 44.1 Å². The first-order chi connectivity index (χ1) is 9.20. The van der Waals surface area contributed by atoms with Crippen LogP contribution >= 0.6 is 11.6 Å². The zero-order valence-corrected chi connectivity index (χ0v) is 11.6. The minimum Gasteiger partial charge on any atom is -0.484 e. The fourth-order valence-electron chi connectivity index (χ4n) is 2.43. The van der Waals surface area contributed by atoms with Crippen LogP contribution in [0.3, 0.4) is 0 Å². The van der Waals surface area contributed by atoms with E-state index in [4.69, 9.17) is 16.3 Å². The molecule has 1 aliphatic carbocycles. The van der Waals surface area contributed by atoms with Crippen molar-refractivity contribution in [2.24, 2.45) is 0 Å². The molecule has 0 radical (unpaired) electrons. The summed E-state index contributed by atoms with van der Waals surface area (Å²) in [7, 11) is 0. The summed E-state index contributed by atoms with van der Waals surface area (Å²) in [6, 6.07) is 4.95. The minimum absolute atomic E-state index is 0.0161. The third kappa shape index (κ3) is 3.83. The van der Waals surface area contributed by atoms with Crippen LogP contribution in [0, 0.1) is 10.1 Å². The van der Waals surface area contributed by atoms with Gasteiger partial charge in [-0.1, -0.05) is 18.9 Å². The number of ether oxygens (including phenoxy) is 1. The molecule has 0 heterocycles. The Bertz CT molecular complexity index is 442. The SMILES string of the molecule is O=[N+]([O-])c1cc(CCl)ccc1OC1CCCCCC1. The second kappa shape index (κ2) is 6.75. The fraction of sp³-hybridized carbons (Fsp3) is 0.571. The first kappa shape index (κ1) is 14.1. The molecule has 1 saturated carbocycles. The van der Waals surface area contributed by atoms with E-state index in [0.29, 0.717) is 5.75 Å². The third-order valence-corrected chi connectivity index (χ3v) is 3.78. The largest absolute Gasteiger partial charge is 0.484 e. The number of nitro benzene ring substituents is 1. The van der Waals surface area contributed by atoms with Gasteiger partial charge in [-0.25, -0.2) is 0 Å². The van der Waals surface area contributed by atoms with Crippen LogP contribution in [0.2, 0.25) is 0 Å². The van der Waals surface area contributed by atoms with Crippen molar-refractivity contribution < 1.29 is 9.66 Å². The number of halogens is 1. The first-order valence-corrected chi connectivity index (χ1v) is 7.24. The molecule has 2 rings (SSSR count). The first-order valence-electron chi connectivity index (χ1n) is 6.70. The number of hydrogen-bond acceptors (Lipinski definition) is 3. The van der Waals surface area contributed by atoms with Gasteiger partial charge in [0.2, 0.25) is 0 Å². The molecule has 19 heavy (non-hydrogen) atoms. The topological polar surface area (TPSA) is 52.4 Å². The number of benzene rings is 1. The van der Waals surface area contributed by atoms with E-state index < -0.39 is 4.92 Å². The standard InChI is InChI=1S/C14H18ClNO3/c15-10-11-7-8-14(13(9-11)16(17)18)19-12-5-3-1-2-4-6-12/h7-9,12H,1-6,10H2. The predicted molar refractivity (Wildman–Crippen MR) is 74.8 cm³/mol. The highest BCUT2D eigenvalue weighted by molar-refractivity contribution is 6.17. The van der Waals surface area contributed by atoms with E-state index in [9.17, 15) is 10.1 Å². The molecule has 1 fully saturated rings. The van der Waals surface area contributed by atoms with Gasteiger partial charge in [0.15, 0.2) is 5.75 Å². The van der Waals surface area contributed by atoms with E-state index in [1.54, 1.807) is 12.1 Å². The van der Waals surface area contributed by atoms with Gasteiger partial charge in [-0.3, -0.25) is 10.1 Å². The molecule has 0 bridgehead atoms. The van der Waals surface area contributed by atoms with Crippen molar-refractivity contribution in [1.82, 2.24) is 0 Å². The summed E-state index contributed by atoms with van der Waals surface area (Å²) in [5.41, 5.74) is 0.754. The lowest BCUT2D eigenvalue weighted by Gasteiger charge is -2.17. The van der Waals surface area contributed by atoms with E-state index in [-0.39, 0.29) is 17.7 Å². The molecule has 0 unspecified atom stereocenters. The number of nitrogens with zero attached hydrogens (tertiary/aromatic N) is 1. The molecule has 1 aromatic carbocycles. The Hall–Kier alpha value is -1.29. The van der Waals surface area contributed by atoms with Crippen molar-refractivity contribution in [3.63, 3.8) is 0 Å². The van der Waals surface area contributed by atoms with Crippen molar-refractivity contribution in [2.75, 3.05) is 0 Å². The van der Waals surface area contributed by atoms with E-state index >= 15 is 0 Å². The van der Waals surface area contributed by atoms with Gasteiger partial charge in [0.05, 0.1) is 11.0 Å². The molecule has 104 valence electrons. The van der Waals surface area contributed by atoms with Crippen LogP contribution in [-0.2, 0) is 5.88 Å². The van der Waals surface area contributed by atoms with Crippen LogP contribution in [0.15, 0.2) is 18.2 Å². The summed E-state index contributed by atoms with van der Waals surface area (Å²) >= 11 is 5.71. The Kier molecular flexibility index (Phi) is 5.02. The van der Waals surface area contributed by atoms with Crippen LogP contribution in [-0.4, -0.2) is 11.0 Å². The van der Waals surface area contributed by atoms with Crippen molar-refractivity contribution in [3.8, 4) is 5.75 Å². The highest BCUT2D eigenvalue weighted by Crippen LogP contribution is 2.31. The Morgan fingerprint density at radius 2 is 1.95 bits per heavy atom. The highest BCUT2D eigenvalue weighted by atomic mass is 35.5. The molecular formula is C14H18ClNO3. The summed E-state index contributed by atoms with van der Waals surface area (Å²) in [6.45, 7) is 0. The summed E-state index contributed by atoms with van der Waals surface area (Å²) in [5.74, 6) is 0.635. The van der Waals surface area contributed by atoms with Crippen molar-refractivity contribution >= 4 is 17.3 Å². The van der Waals surface area contributed by atoms with E-state index in [0.717, 1.165) is 31.2 Å². The minimum atomic E-state index is -0.401. The molecule has 1 aliphatic rings. The quantitative estimate of drug-likeness (QED) is 0.355. The number of rotatable bonds is 4. The van der Waals surface area contributed by atoms with Crippen molar-refractivity contribution in [1.29, 1.82) is 0 Å². The van der Waals surface area contributed by atoms with Crippen LogP contribution < -0.4 is 4.74 Å². The number of alkyl halides is 1. The highest BCUT2D eigenvalue weighted by Gasteiger charge is 2.20. The molecule has 4 nitrogen and oxygen atoms in total. The van der Waals surface area contributed by atoms with Crippen LogP contribution in [0.4, 0.5) is 5.69 Å². The van der Waals surface area contributed by atoms with Gasteiger partial charge in [-0.2, -0.15) is 0 Å². The van der Waals surface area contributed by atoms with Crippen molar-refractivity contribution in [3.05, 3.63) is 33.9 Å². The van der Waals surface area contributed by atoms with Gasteiger partial charge in [-0.05, 0) is 37.3 Å². The average molecular weight is 284 g/mol. The lowest BCUT2D eigenvalue weighted by molar-refractivity contribution is -0.386. The molecule has 0 spiro atoms. The average Bonchev–Trinajstić information content (AvgIpc) is 2.67. The monoisotopic (exact) mass is 283 g/mol. The van der Waals surface area contributed by atoms with Crippen molar-refractivity contribution in [2.45, 2.75) is 50.5 Å². The third-order valence-electron chi connectivity index (χ3n) is 3.47. The molecule has 1 aromatic rings. The van der Waals surface area contributed by atoms with Gasteiger partial charge in [-0.15, -0.1) is 11.6 Å². The molecule has 5 heteroatoms. The summed E-state index contributed by atoms with van der Waals surface area (Å²) in [4.78, 5) is 10.7. The maximum Gasteiger partial charge on any atom is 0.311 e.